The minimum absolute atomic E-state index is 0.617. The van der Waals surface area contributed by atoms with Gasteiger partial charge in [-0.1, -0.05) is 23.7 Å². The number of rotatable bonds is 1. The molecule has 0 aliphatic carbocycles. The SMILES string of the molecule is Cc1ccc(C2(O)CCNC2)cc1Cl. The van der Waals surface area contributed by atoms with Crippen LogP contribution in [0.3, 0.4) is 0 Å². The molecule has 0 aromatic heterocycles. The van der Waals surface area contributed by atoms with Gasteiger partial charge in [0.15, 0.2) is 0 Å². The monoisotopic (exact) mass is 211 g/mol. The highest BCUT2D eigenvalue weighted by Crippen LogP contribution is 2.30. The maximum Gasteiger partial charge on any atom is 0.103 e. The van der Waals surface area contributed by atoms with E-state index in [1.165, 1.54) is 0 Å². The summed E-state index contributed by atoms with van der Waals surface area (Å²) in [6.07, 6.45) is 0.756. The van der Waals surface area contributed by atoms with Crippen molar-refractivity contribution >= 4 is 11.6 Å². The largest absolute Gasteiger partial charge is 0.384 e. The Kier molecular flexibility index (Phi) is 2.52. The molecule has 0 bridgehead atoms. The number of nitrogens with one attached hydrogen (secondary N) is 1. The number of aliphatic hydroxyl groups is 1. The average Bonchev–Trinajstić information content (AvgIpc) is 2.58. The molecule has 1 aliphatic rings. The van der Waals surface area contributed by atoms with Crippen LogP contribution in [0.4, 0.5) is 0 Å². The zero-order valence-electron chi connectivity index (χ0n) is 8.18. The molecule has 0 spiro atoms. The Bertz CT molecular complexity index is 345. The van der Waals surface area contributed by atoms with Gasteiger partial charge in [0.1, 0.15) is 5.60 Å². The maximum atomic E-state index is 10.3. The summed E-state index contributed by atoms with van der Waals surface area (Å²) >= 11 is 6.02. The summed E-state index contributed by atoms with van der Waals surface area (Å²) in [6, 6.07) is 5.77. The van der Waals surface area contributed by atoms with E-state index in [1.807, 2.05) is 25.1 Å². The molecule has 1 heterocycles. The van der Waals surface area contributed by atoms with E-state index in [0.29, 0.717) is 6.54 Å². The van der Waals surface area contributed by atoms with Gasteiger partial charge in [-0.05, 0) is 37.1 Å². The molecule has 0 amide bonds. The third kappa shape index (κ3) is 1.65. The standard InChI is InChI=1S/C11H14ClNO/c1-8-2-3-9(6-10(8)12)11(14)4-5-13-7-11/h2-3,6,13-14H,4-5,7H2,1H3. The van der Waals surface area contributed by atoms with Gasteiger partial charge in [0.2, 0.25) is 0 Å². The van der Waals surface area contributed by atoms with Crippen molar-refractivity contribution in [2.75, 3.05) is 13.1 Å². The molecule has 1 atom stereocenters. The topological polar surface area (TPSA) is 32.3 Å². The quantitative estimate of drug-likeness (QED) is 0.743. The van der Waals surface area contributed by atoms with Crippen LogP contribution in [0.2, 0.25) is 5.02 Å². The first kappa shape index (κ1) is 9.97. The highest BCUT2D eigenvalue weighted by molar-refractivity contribution is 6.31. The molecule has 1 aromatic rings. The molecule has 3 heteroatoms. The molecule has 1 aromatic carbocycles. The Hall–Kier alpha value is -0.570. The Morgan fingerprint density at radius 3 is 2.86 bits per heavy atom. The molecule has 0 saturated carbocycles. The highest BCUT2D eigenvalue weighted by atomic mass is 35.5. The lowest BCUT2D eigenvalue weighted by Crippen LogP contribution is -2.28. The van der Waals surface area contributed by atoms with Crippen molar-refractivity contribution in [3.63, 3.8) is 0 Å². The van der Waals surface area contributed by atoms with Crippen LogP contribution in [0.1, 0.15) is 17.5 Å². The predicted octanol–water partition coefficient (Wildman–Crippen LogP) is 1.83. The van der Waals surface area contributed by atoms with Crippen LogP contribution >= 0.6 is 11.6 Å². The minimum atomic E-state index is -0.725. The third-order valence-corrected chi connectivity index (χ3v) is 3.25. The van der Waals surface area contributed by atoms with Crippen molar-refractivity contribution < 1.29 is 5.11 Å². The van der Waals surface area contributed by atoms with E-state index in [-0.39, 0.29) is 0 Å². The van der Waals surface area contributed by atoms with Crippen molar-refractivity contribution in [3.05, 3.63) is 34.3 Å². The molecule has 1 aliphatic heterocycles. The van der Waals surface area contributed by atoms with E-state index in [9.17, 15) is 5.11 Å². The van der Waals surface area contributed by atoms with Crippen molar-refractivity contribution in [3.8, 4) is 0 Å². The molecule has 2 nitrogen and oxygen atoms in total. The lowest BCUT2D eigenvalue weighted by molar-refractivity contribution is 0.0587. The fourth-order valence-corrected chi connectivity index (χ4v) is 1.99. The Labute approximate surface area is 88.9 Å². The number of hydrogen-bond donors (Lipinski definition) is 2. The molecule has 0 radical (unpaired) electrons. The summed E-state index contributed by atoms with van der Waals surface area (Å²) in [5, 5.41) is 14.1. The number of halogens is 1. The molecular formula is C11H14ClNO. The minimum Gasteiger partial charge on any atom is -0.384 e. The van der Waals surface area contributed by atoms with Crippen LogP contribution in [-0.4, -0.2) is 18.2 Å². The van der Waals surface area contributed by atoms with Crippen LogP contribution in [0.15, 0.2) is 18.2 Å². The van der Waals surface area contributed by atoms with Crippen LogP contribution in [-0.2, 0) is 5.60 Å². The van der Waals surface area contributed by atoms with Crippen molar-refractivity contribution in [1.82, 2.24) is 5.32 Å². The maximum absolute atomic E-state index is 10.3. The van der Waals surface area contributed by atoms with Gasteiger partial charge in [-0.15, -0.1) is 0 Å². The summed E-state index contributed by atoms with van der Waals surface area (Å²) in [5.74, 6) is 0. The average molecular weight is 212 g/mol. The van der Waals surface area contributed by atoms with Gasteiger partial charge in [0, 0.05) is 11.6 Å². The van der Waals surface area contributed by atoms with E-state index >= 15 is 0 Å². The molecule has 76 valence electrons. The summed E-state index contributed by atoms with van der Waals surface area (Å²) in [7, 11) is 0. The van der Waals surface area contributed by atoms with Gasteiger partial charge in [-0.3, -0.25) is 0 Å². The first-order valence-electron chi connectivity index (χ1n) is 4.81. The predicted molar refractivity (Wildman–Crippen MR) is 57.6 cm³/mol. The second kappa shape index (κ2) is 3.54. The van der Waals surface area contributed by atoms with E-state index in [2.05, 4.69) is 5.32 Å². The fourth-order valence-electron chi connectivity index (χ4n) is 1.81. The Balaban J connectivity index is 2.36. The van der Waals surface area contributed by atoms with Crippen molar-refractivity contribution in [2.45, 2.75) is 18.9 Å². The zero-order chi connectivity index (χ0) is 10.2. The summed E-state index contributed by atoms with van der Waals surface area (Å²) < 4.78 is 0. The van der Waals surface area contributed by atoms with Crippen LogP contribution in [0, 0.1) is 6.92 Å². The van der Waals surface area contributed by atoms with E-state index in [1.54, 1.807) is 0 Å². The smallest absolute Gasteiger partial charge is 0.103 e. The molecule has 1 fully saturated rings. The van der Waals surface area contributed by atoms with Gasteiger partial charge >= 0.3 is 0 Å². The Morgan fingerprint density at radius 2 is 2.29 bits per heavy atom. The summed E-state index contributed by atoms with van der Waals surface area (Å²) in [4.78, 5) is 0. The second-order valence-electron chi connectivity index (χ2n) is 3.92. The molecular weight excluding hydrogens is 198 g/mol. The van der Waals surface area contributed by atoms with Gasteiger partial charge in [-0.2, -0.15) is 0 Å². The number of β-amino-alcohol motifs (C(OH)–C–C–N with tert-alkyl or cyclic N) is 1. The Morgan fingerprint density at radius 1 is 1.50 bits per heavy atom. The number of aryl methyl sites for hydroxylation is 1. The van der Waals surface area contributed by atoms with E-state index < -0.39 is 5.60 Å². The van der Waals surface area contributed by atoms with Crippen LogP contribution in [0.25, 0.3) is 0 Å². The summed E-state index contributed by atoms with van der Waals surface area (Å²) in [5.41, 5.74) is 1.24. The number of benzene rings is 1. The van der Waals surface area contributed by atoms with Crippen molar-refractivity contribution in [2.24, 2.45) is 0 Å². The fraction of sp³-hybridized carbons (Fsp3) is 0.455. The molecule has 2 N–H and O–H groups in total. The highest BCUT2D eigenvalue weighted by Gasteiger charge is 2.32. The summed E-state index contributed by atoms with van der Waals surface area (Å²) in [6.45, 7) is 3.44. The molecule has 2 rings (SSSR count). The normalized spacial score (nSPS) is 26.8. The first-order valence-corrected chi connectivity index (χ1v) is 5.19. The van der Waals surface area contributed by atoms with Crippen LogP contribution < -0.4 is 5.32 Å². The molecule has 1 unspecified atom stereocenters. The van der Waals surface area contributed by atoms with E-state index in [4.69, 9.17) is 11.6 Å². The van der Waals surface area contributed by atoms with Gasteiger partial charge < -0.3 is 10.4 Å². The number of hydrogen-bond acceptors (Lipinski definition) is 2. The molecule has 1 saturated heterocycles. The van der Waals surface area contributed by atoms with Gasteiger partial charge in [0.05, 0.1) is 0 Å². The first-order chi connectivity index (χ1) is 6.62. The van der Waals surface area contributed by atoms with Gasteiger partial charge in [-0.25, -0.2) is 0 Å². The van der Waals surface area contributed by atoms with E-state index in [0.717, 1.165) is 29.1 Å². The lowest BCUT2D eigenvalue weighted by Gasteiger charge is -2.22. The molecule has 14 heavy (non-hydrogen) atoms. The zero-order valence-corrected chi connectivity index (χ0v) is 8.93. The third-order valence-electron chi connectivity index (χ3n) is 2.84. The lowest BCUT2D eigenvalue weighted by atomic mass is 9.92. The van der Waals surface area contributed by atoms with Gasteiger partial charge in [0.25, 0.3) is 0 Å². The van der Waals surface area contributed by atoms with Crippen LogP contribution in [0.5, 0.6) is 0 Å². The van der Waals surface area contributed by atoms with Crippen molar-refractivity contribution in [1.29, 1.82) is 0 Å². The second-order valence-corrected chi connectivity index (χ2v) is 4.33.